The molecule has 0 aliphatic carbocycles. The van der Waals surface area contributed by atoms with Crippen molar-refractivity contribution in [1.29, 1.82) is 5.41 Å². The summed E-state index contributed by atoms with van der Waals surface area (Å²) < 4.78 is 4.51. The Labute approximate surface area is 107 Å². The Morgan fingerprint density at radius 3 is 2.00 bits per heavy atom. The van der Waals surface area contributed by atoms with Crippen LogP contribution in [0.2, 0.25) is 0 Å². The highest BCUT2D eigenvalue weighted by Gasteiger charge is 2.01. The fourth-order valence-electron chi connectivity index (χ4n) is 0.888. The Kier molecular flexibility index (Phi) is 21.7. The number of methoxy groups -OCH3 is 1. The van der Waals surface area contributed by atoms with Gasteiger partial charge in [-0.1, -0.05) is 27.7 Å². The van der Waals surface area contributed by atoms with Gasteiger partial charge in [-0.15, -0.1) is 0 Å². The summed E-state index contributed by atoms with van der Waals surface area (Å²) in [6.07, 6.45) is 2.22. The van der Waals surface area contributed by atoms with E-state index in [9.17, 15) is 4.79 Å². The molecule has 0 radical (unpaired) electrons. The molecule has 0 aromatic rings. The van der Waals surface area contributed by atoms with E-state index >= 15 is 0 Å². The summed E-state index contributed by atoms with van der Waals surface area (Å²) in [6, 6.07) is 0. The van der Waals surface area contributed by atoms with Crippen molar-refractivity contribution in [2.24, 2.45) is 0 Å². The predicted molar refractivity (Wildman–Crippen MR) is 74.6 cm³/mol. The van der Waals surface area contributed by atoms with Gasteiger partial charge in [-0.2, -0.15) is 0 Å². The normalized spacial score (nSPS) is 7.94. The number of hydrogen-bond acceptors (Lipinski definition) is 3. The fraction of sp³-hybridized carbons (Fsp3) is 0.846. The molecule has 0 rings (SSSR count). The van der Waals surface area contributed by atoms with Crippen LogP contribution in [0.1, 0.15) is 53.9 Å². The lowest BCUT2D eigenvalue weighted by Gasteiger charge is -2.16. The van der Waals surface area contributed by atoms with E-state index in [1.165, 1.54) is 7.11 Å². The summed E-state index contributed by atoms with van der Waals surface area (Å²) in [5.74, 6) is 0.396. The van der Waals surface area contributed by atoms with Crippen LogP contribution in [0, 0.1) is 5.41 Å². The zero-order chi connectivity index (χ0) is 14.3. The van der Waals surface area contributed by atoms with Gasteiger partial charge in [-0.3, -0.25) is 10.2 Å². The largest absolute Gasteiger partial charge is 0.469 e. The first-order chi connectivity index (χ1) is 8.07. The fourth-order valence-corrected chi connectivity index (χ4v) is 0.888. The molecule has 4 nitrogen and oxygen atoms in total. The van der Waals surface area contributed by atoms with Crippen LogP contribution in [0.3, 0.4) is 0 Å². The van der Waals surface area contributed by atoms with Crippen LogP contribution in [0.15, 0.2) is 0 Å². The molecule has 0 aromatic carbocycles. The van der Waals surface area contributed by atoms with Crippen molar-refractivity contribution in [2.45, 2.75) is 53.9 Å². The summed E-state index contributed by atoms with van der Waals surface area (Å²) in [5, 5.41) is 7.29. The highest BCUT2D eigenvalue weighted by molar-refractivity contribution is 5.75. The van der Waals surface area contributed by atoms with Gasteiger partial charge < -0.3 is 9.64 Å². The summed E-state index contributed by atoms with van der Waals surface area (Å²) in [5.41, 5.74) is 0. The van der Waals surface area contributed by atoms with Gasteiger partial charge >= 0.3 is 5.97 Å². The van der Waals surface area contributed by atoms with Crippen LogP contribution in [-0.4, -0.2) is 37.4 Å². The highest BCUT2D eigenvalue weighted by Crippen LogP contribution is 1.98. The summed E-state index contributed by atoms with van der Waals surface area (Å²) in [7, 11) is 3.27. The third-order valence-electron chi connectivity index (χ3n) is 1.92. The van der Waals surface area contributed by atoms with Gasteiger partial charge in [0.15, 0.2) is 0 Å². The number of carbonyl (C=O) groups is 1. The van der Waals surface area contributed by atoms with Crippen molar-refractivity contribution in [1.82, 2.24) is 4.90 Å². The second-order valence-corrected chi connectivity index (χ2v) is 3.04. The Morgan fingerprint density at radius 2 is 1.65 bits per heavy atom. The predicted octanol–water partition coefficient (Wildman–Crippen LogP) is 3.31. The molecule has 0 bridgehead atoms. The van der Waals surface area contributed by atoms with Crippen LogP contribution < -0.4 is 0 Å². The third-order valence-corrected chi connectivity index (χ3v) is 1.92. The summed E-state index contributed by atoms with van der Waals surface area (Å²) in [6.45, 7) is 10.6. The van der Waals surface area contributed by atoms with E-state index in [0.717, 1.165) is 19.4 Å². The monoisotopic (exact) mass is 246 g/mol. The third kappa shape index (κ3) is 17.5. The molecule has 1 N–H and O–H groups in total. The lowest BCUT2D eigenvalue weighted by molar-refractivity contribution is -0.140. The van der Waals surface area contributed by atoms with Crippen molar-refractivity contribution in [2.75, 3.05) is 20.7 Å². The smallest absolute Gasteiger partial charge is 0.305 e. The second-order valence-electron chi connectivity index (χ2n) is 3.04. The van der Waals surface area contributed by atoms with E-state index in [0.29, 0.717) is 12.3 Å². The number of nitrogens with zero attached hydrogens (tertiary/aromatic N) is 1. The standard InChI is InChI=1S/C9H18N2O2.2C2H6/c1-8(10)11(2)7-5-4-6-9(12)13-3;2*1-2/h10H,4-7H2,1-3H3;2*1-2H3. The highest BCUT2D eigenvalue weighted by atomic mass is 16.5. The Morgan fingerprint density at radius 1 is 1.18 bits per heavy atom. The molecule has 0 aliphatic heterocycles. The molecule has 0 unspecified atom stereocenters. The number of nitrogens with one attached hydrogen (secondary N) is 1. The molecule has 0 aliphatic rings. The molecule has 104 valence electrons. The van der Waals surface area contributed by atoms with Crippen LogP contribution >= 0.6 is 0 Å². The Bertz CT molecular complexity index is 182. The van der Waals surface area contributed by atoms with Crippen LogP contribution in [-0.2, 0) is 9.53 Å². The number of hydrogen-bond donors (Lipinski definition) is 1. The number of ether oxygens (including phenoxy) is 1. The lowest BCUT2D eigenvalue weighted by Crippen LogP contribution is -2.24. The van der Waals surface area contributed by atoms with Gasteiger partial charge in [-0.25, -0.2) is 0 Å². The quantitative estimate of drug-likeness (QED) is 0.350. The average Bonchev–Trinajstić information content (AvgIpc) is 2.38. The summed E-state index contributed by atoms with van der Waals surface area (Å²) >= 11 is 0. The van der Waals surface area contributed by atoms with E-state index in [4.69, 9.17) is 5.41 Å². The molecule has 0 aromatic heterocycles. The summed E-state index contributed by atoms with van der Waals surface area (Å²) in [4.78, 5) is 12.6. The molecule has 0 saturated carbocycles. The van der Waals surface area contributed by atoms with E-state index in [1.54, 1.807) is 6.92 Å². The van der Waals surface area contributed by atoms with Crippen LogP contribution in [0.5, 0.6) is 0 Å². The minimum atomic E-state index is -0.158. The van der Waals surface area contributed by atoms with Gasteiger partial charge in [-0.05, 0) is 19.8 Å². The minimum absolute atomic E-state index is 0.158. The molecule has 0 spiro atoms. The van der Waals surface area contributed by atoms with Crippen LogP contribution in [0.25, 0.3) is 0 Å². The molecule has 0 amide bonds. The van der Waals surface area contributed by atoms with Crippen LogP contribution in [0.4, 0.5) is 0 Å². The van der Waals surface area contributed by atoms with Gasteiger partial charge in [0.1, 0.15) is 0 Å². The first-order valence-corrected chi connectivity index (χ1v) is 6.41. The Hall–Kier alpha value is -1.06. The van der Waals surface area contributed by atoms with Gasteiger partial charge in [0, 0.05) is 20.0 Å². The number of unbranched alkanes of at least 4 members (excludes halogenated alkanes) is 1. The van der Waals surface area contributed by atoms with Gasteiger partial charge in [0.05, 0.1) is 12.9 Å². The first-order valence-electron chi connectivity index (χ1n) is 6.41. The maximum Gasteiger partial charge on any atom is 0.305 e. The van der Waals surface area contributed by atoms with Crippen molar-refractivity contribution in [3.63, 3.8) is 0 Å². The molecule has 0 atom stereocenters. The number of esters is 1. The maximum absolute atomic E-state index is 10.7. The molecule has 17 heavy (non-hydrogen) atoms. The van der Waals surface area contributed by atoms with E-state index in [1.807, 2.05) is 39.6 Å². The Balaban J connectivity index is -0.000000439. The van der Waals surface area contributed by atoms with Gasteiger partial charge in [0.2, 0.25) is 0 Å². The van der Waals surface area contributed by atoms with Crippen molar-refractivity contribution < 1.29 is 9.53 Å². The van der Waals surface area contributed by atoms with Gasteiger partial charge in [0.25, 0.3) is 0 Å². The molecule has 0 saturated heterocycles. The molecular formula is C13H30N2O2. The molecular weight excluding hydrogens is 216 g/mol. The second kappa shape index (κ2) is 17.3. The number of carbonyl (C=O) groups excluding carboxylic acids is 1. The zero-order valence-electron chi connectivity index (χ0n) is 12.6. The average molecular weight is 246 g/mol. The first kappa shape index (κ1) is 21.2. The number of amidine groups is 1. The van der Waals surface area contributed by atoms with E-state index in [2.05, 4.69) is 4.74 Å². The minimum Gasteiger partial charge on any atom is -0.469 e. The lowest BCUT2D eigenvalue weighted by atomic mass is 10.2. The maximum atomic E-state index is 10.7. The molecule has 0 heterocycles. The number of rotatable bonds is 5. The topological polar surface area (TPSA) is 53.4 Å². The molecule has 0 fully saturated rings. The van der Waals surface area contributed by atoms with Crippen molar-refractivity contribution in [3.05, 3.63) is 0 Å². The zero-order valence-corrected chi connectivity index (χ0v) is 12.6. The van der Waals surface area contributed by atoms with Crippen molar-refractivity contribution in [3.8, 4) is 0 Å². The van der Waals surface area contributed by atoms with E-state index < -0.39 is 0 Å². The van der Waals surface area contributed by atoms with E-state index in [-0.39, 0.29) is 5.97 Å². The molecule has 4 heteroatoms. The SMILES string of the molecule is CC.CC.COC(=O)CCCCN(C)C(C)=N. The van der Waals surface area contributed by atoms with Crippen molar-refractivity contribution >= 4 is 11.8 Å².